The Morgan fingerprint density at radius 2 is 0.932 bits per heavy atom. The van der Waals surface area contributed by atoms with Gasteiger partial charge in [-0.2, -0.15) is 0 Å². The maximum Gasteiger partial charge on any atom is 0.0651 e. The number of anilines is 3. The minimum atomic E-state index is -4.11. The van der Waals surface area contributed by atoms with Crippen molar-refractivity contribution in [1.82, 2.24) is 4.57 Å². The fourth-order valence-electron chi connectivity index (χ4n) is 6.49. The fourth-order valence-corrected chi connectivity index (χ4v) is 6.49. The van der Waals surface area contributed by atoms with Gasteiger partial charge >= 0.3 is 0 Å². The summed E-state index contributed by atoms with van der Waals surface area (Å²) in [5.41, 5.74) is -21.9. The highest BCUT2D eigenvalue weighted by atomic mass is 15.1. The third-order valence-corrected chi connectivity index (χ3v) is 9.12. The Balaban J connectivity index is 1.31. The molecule has 0 N–H and O–H groups in total. The van der Waals surface area contributed by atoms with Gasteiger partial charge in [-0.15, -0.1) is 0 Å². The van der Waals surface area contributed by atoms with Crippen molar-refractivity contribution in [3.8, 4) is 50.2 Å². The second-order valence-corrected chi connectivity index (χ2v) is 12.5. The van der Waals surface area contributed by atoms with Gasteiger partial charge in [-0.3, -0.25) is 0 Å². The molecule has 0 saturated heterocycles. The lowest BCUT2D eigenvalue weighted by molar-refractivity contribution is 0.660. The molecule has 0 spiro atoms. The summed E-state index contributed by atoms with van der Waals surface area (Å²) in [6.07, 6.45) is 0. The van der Waals surface area contributed by atoms with E-state index in [-0.39, 0.29) is 4.90 Å². The molecule has 0 aliphatic heterocycles. The second kappa shape index (κ2) is 13.9. The Labute approximate surface area is 404 Å². The molecule has 0 saturated carbocycles. The summed E-state index contributed by atoms with van der Waals surface area (Å²) in [5.74, 6) is 0. The number of para-hydroxylation sites is 1. The largest absolute Gasteiger partial charge is 0.310 e. The van der Waals surface area contributed by atoms with Crippen molar-refractivity contribution in [3.63, 3.8) is 0 Å². The topological polar surface area (TPSA) is 8.17 Å². The van der Waals surface area contributed by atoms with E-state index in [1.165, 1.54) is 0 Å². The van der Waals surface area contributed by atoms with Crippen LogP contribution in [0.1, 0.15) is 82.4 Å². The lowest BCUT2D eigenvalue weighted by Gasteiger charge is -2.28. The van der Waals surface area contributed by atoms with Crippen LogP contribution in [0.5, 0.6) is 0 Å². The van der Waals surface area contributed by atoms with E-state index in [2.05, 4.69) is 0 Å². The molecule has 0 unspecified atom stereocenters. The summed E-state index contributed by atoms with van der Waals surface area (Å²) >= 11 is 0. The summed E-state index contributed by atoms with van der Waals surface area (Å²) in [7, 11) is 0. The van der Waals surface area contributed by atoms with Gasteiger partial charge in [0.15, 0.2) is 0 Å². The fraction of sp³-hybridized carbons (Fsp3) is 0.0526. The number of hydrogen-bond donors (Lipinski definition) is 0. The number of aromatic nitrogens is 1. The van der Waals surface area contributed by atoms with Crippen LogP contribution in [0.2, 0.25) is 0 Å². The Morgan fingerprint density at radius 1 is 0.390 bits per heavy atom. The van der Waals surface area contributed by atoms with Crippen LogP contribution in [-0.4, -0.2) is 4.57 Å². The van der Waals surface area contributed by atoms with Gasteiger partial charge in [0.2, 0.25) is 0 Å². The van der Waals surface area contributed by atoms with E-state index in [0.717, 1.165) is 0 Å². The number of nitrogens with zero attached hydrogens (tertiary/aromatic N) is 2. The minimum absolute atomic E-state index is 0.0731. The predicted molar refractivity (Wildman–Crippen MR) is 249 cm³/mol. The highest BCUT2D eigenvalue weighted by Crippen LogP contribution is 2.51. The molecule has 1 aliphatic rings. The van der Waals surface area contributed by atoms with Crippen molar-refractivity contribution in [1.29, 1.82) is 0 Å². The monoisotopic (exact) mass is 797 g/mol. The van der Waals surface area contributed by atoms with Crippen LogP contribution >= 0.6 is 0 Å². The SMILES string of the molecule is [2H]c1c([2H])c([2H])c(-c2c([2H])c([2H])c(-n3c4c([2H])c([2H])c([2H])c([2H])c4c4c([2H])c(-c5c([2H])c([2H])c(N(c6c([2H])c([2H])c([2H])c(-c7c([2H])c([2H])c([2H])c([2H])c7[2H])c6[2H])c6c([2H])c([2H])c7c(c6[2H])C(C([2H])([2H])[2H])(C([2H])([2H])[2H])c6c([2H])c([2H])c([2H])c([2H])c6-7)c([2H])c5[2H])c([2H])c([2H])c43)c([2H])c2[2H])c([2H])c1[2H]. The van der Waals surface area contributed by atoms with Gasteiger partial charge in [-0.05, 0) is 122 Å². The summed E-state index contributed by atoms with van der Waals surface area (Å²) in [6.45, 7) is -8.23. The molecule has 1 aromatic heterocycles. The van der Waals surface area contributed by atoms with Gasteiger partial charge in [0.25, 0.3) is 0 Å². The molecule has 0 fully saturated rings. The first-order valence-corrected chi connectivity index (χ1v) is 17.1. The molecule has 2 nitrogen and oxygen atoms in total. The molecule has 59 heavy (non-hydrogen) atoms. The van der Waals surface area contributed by atoms with Crippen LogP contribution in [0.3, 0.4) is 0 Å². The lowest BCUT2D eigenvalue weighted by Crippen LogP contribution is -2.16. The van der Waals surface area contributed by atoms with Gasteiger partial charge in [0.1, 0.15) is 0 Å². The zero-order chi connectivity index (χ0) is 75.8. The molecule has 10 aromatic rings. The highest BCUT2D eigenvalue weighted by molar-refractivity contribution is 6.10. The van der Waals surface area contributed by atoms with Crippen molar-refractivity contribution in [3.05, 3.63) is 229 Å². The first-order chi connectivity index (χ1) is 46.5. The third kappa shape index (κ3) is 5.87. The smallest absolute Gasteiger partial charge is 0.0651 e. The van der Waals surface area contributed by atoms with E-state index in [0.29, 0.717) is 4.57 Å². The van der Waals surface area contributed by atoms with E-state index < -0.39 is 337 Å². The molecule has 11 rings (SSSR count). The van der Waals surface area contributed by atoms with Gasteiger partial charge < -0.3 is 9.47 Å². The van der Waals surface area contributed by atoms with Crippen molar-refractivity contribution < 1.29 is 57.6 Å². The van der Waals surface area contributed by atoms with Gasteiger partial charge in [-0.1, -0.05) is 165 Å². The van der Waals surface area contributed by atoms with Crippen LogP contribution in [0.4, 0.5) is 17.1 Å². The molecule has 2 heteroatoms. The van der Waals surface area contributed by atoms with Crippen LogP contribution < -0.4 is 4.90 Å². The van der Waals surface area contributed by atoms with E-state index in [9.17, 15) is 26.0 Å². The van der Waals surface area contributed by atoms with Gasteiger partial charge in [0, 0.05) is 47.2 Å². The van der Waals surface area contributed by atoms with Gasteiger partial charge in [-0.25, -0.2) is 0 Å². The van der Waals surface area contributed by atoms with Crippen LogP contribution in [-0.2, 0) is 5.41 Å². The molecule has 0 atom stereocenters. The van der Waals surface area contributed by atoms with Crippen molar-refractivity contribution in [2.24, 2.45) is 0 Å². The highest BCUT2D eigenvalue weighted by Gasteiger charge is 2.35. The number of benzene rings is 9. The summed E-state index contributed by atoms with van der Waals surface area (Å²) in [4.78, 5) is 0.0731. The Kier molecular flexibility index (Phi) is 2.90. The first-order valence-electron chi connectivity index (χ1n) is 38.1. The van der Waals surface area contributed by atoms with Crippen LogP contribution in [0.25, 0.3) is 72.0 Å². The van der Waals surface area contributed by atoms with Crippen LogP contribution in [0.15, 0.2) is 218 Å². The maximum absolute atomic E-state index is 10.1. The lowest BCUT2D eigenvalue weighted by atomic mass is 9.82. The quantitative estimate of drug-likeness (QED) is 0.156. The molecule has 1 heterocycles. The summed E-state index contributed by atoms with van der Waals surface area (Å²) in [6, 6.07) is -43.8. The zero-order valence-electron chi connectivity index (χ0n) is 71.4. The van der Waals surface area contributed by atoms with E-state index >= 15 is 0 Å². The Morgan fingerprint density at radius 3 is 1.71 bits per heavy atom. The maximum atomic E-state index is 10.1. The van der Waals surface area contributed by atoms with E-state index in [4.69, 9.17) is 31.5 Å². The van der Waals surface area contributed by atoms with Crippen molar-refractivity contribution >= 4 is 38.9 Å². The number of hydrogen-bond acceptors (Lipinski definition) is 1. The van der Waals surface area contributed by atoms with Crippen molar-refractivity contribution in [2.45, 2.75) is 19.1 Å². The van der Waals surface area contributed by atoms with E-state index in [1.54, 1.807) is 0 Å². The number of rotatable bonds is 7. The molecule has 0 amide bonds. The summed E-state index contributed by atoms with van der Waals surface area (Å²) in [5, 5.41) is -1.63. The summed E-state index contributed by atoms with van der Waals surface area (Å²) < 4.78 is 383. The second-order valence-electron chi connectivity index (χ2n) is 12.5. The molecule has 0 radical (unpaired) electrons. The zero-order valence-corrected chi connectivity index (χ0v) is 29.4. The van der Waals surface area contributed by atoms with Crippen molar-refractivity contribution in [2.75, 3.05) is 4.90 Å². The Bertz CT molecular complexity index is 5400. The molecular formula is C57H42N2. The predicted octanol–water partition coefficient (Wildman–Crippen LogP) is 15.6. The standard InChI is InChI=1S/C57H42N2/c1-57(2)53-22-11-9-20-49(53)50-34-33-48(38-54(50)57)58(47-19-13-18-43(36-47)40-16-7-4-8-17-40)45-29-26-42(27-30-45)44-28-35-56-52(37-44)51-21-10-12-23-55(51)59(56)46-31-24-41(25-32-46)39-14-5-3-6-15-39/h3-38H,1-2H3/i1D3,2D3,3D,4D,5D,6D,7D,8D,9D,10D,11D,12D,13D,14D,15D,16D,17D,18D,19D,20D,21D,22D,23D,24D,25D,26D,27D,28D,29D,30D,31D,32D,33D,34D,35D,36D,37D,38D. The average molecular weight is 797 g/mol. The molecule has 0 bridgehead atoms. The molecule has 9 aromatic carbocycles. The van der Waals surface area contributed by atoms with Gasteiger partial charge in [0.05, 0.1) is 60.4 Å². The molecule has 1 aliphatic carbocycles. The third-order valence-electron chi connectivity index (χ3n) is 9.12. The molecular weight excluding hydrogens is 713 g/mol. The Hall–Kier alpha value is -7.42. The minimum Gasteiger partial charge on any atom is -0.310 e. The normalized spacial score (nSPS) is 23.2. The number of fused-ring (bicyclic) bond motifs is 6. The first kappa shape index (κ1) is 12.3. The average Bonchev–Trinajstić information content (AvgIpc) is 1.50. The van der Waals surface area contributed by atoms with Crippen LogP contribution in [0, 0.1) is 0 Å². The van der Waals surface area contributed by atoms with E-state index in [1.807, 2.05) is 0 Å². The molecule has 280 valence electrons.